The van der Waals surface area contributed by atoms with Crippen LogP contribution in [0.4, 0.5) is 0 Å². The van der Waals surface area contributed by atoms with Crippen molar-refractivity contribution in [2.75, 3.05) is 0 Å². The molecule has 0 aromatic carbocycles. The zero-order valence-corrected chi connectivity index (χ0v) is 10.4. The van der Waals surface area contributed by atoms with Gasteiger partial charge in [-0.1, -0.05) is 12.5 Å². The molecule has 0 saturated heterocycles. The molecule has 3 aliphatic carbocycles. The second kappa shape index (κ2) is 3.11. The number of fused-ring (bicyclic) bond motifs is 5. The molecular formula is C14H19NS. The molecule has 2 bridgehead atoms. The van der Waals surface area contributed by atoms with Gasteiger partial charge in [-0.2, -0.15) is 0 Å². The van der Waals surface area contributed by atoms with E-state index in [1.807, 2.05) is 11.3 Å². The molecule has 86 valence electrons. The average Bonchev–Trinajstić information content (AvgIpc) is 3.00. The van der Waals surface area contributed by atoms with Gasteiger partial charge < -0.3 is 5.73 Å². The van der Waals surface area contributed by atoms with Crippen molar-refractivity contribution in [2.24, 2.45) is 29.4 Å². The molecule has 5 unspecified atom stereocenters. The molecule has 3 fully saturated rings. The van der Waals surface area contributed by atoms with Gasteiger partial charge in [-0.15, -0.1) is 11.3 Å². The van der Waals surface area contributed by atoms with Crippen LogP contribution in [0.2, 0.25) is 0 Å². The van der Waals surface area contributed by atoms with Gasteiger partial charge in [0.25, 0.3) is 0 Å². The van der Waals surface area contributed by atoms with Gasteiger partial charge >= 0.3 is 0 Å². The summed E-state index contributed by atoms with van der Waals surface area (Å²) in [5.41, 5.74) is 6.82. The zero-order valence-electron chi connectivity index (χ0n) is 9.56. The van der Waals surface area contributed by atoms with Crippen molar-refractivity contribution >= 4 is 11.3 Å². The second-order valence-electron chi connectivity index (χ2n) is 6.08. The molecule has 1 aromatic heterocycles. The molecule has 1 heterocycles. The third kappa shape index (κ3) is 1.05. The highest BCUT2D eigenvalue weighted by atomic mass is 32.1. The van der Waals surface area contributed by atoms with Crippen molar-refractivity contribution in [3.8, 4) is 0 Å². The van der Waals surface area contributed by atoms with Crippen LogP contribution in [0.3, 0.4) is 0 Å². The first-order chi connectivity index (χ1) is 7.79. The number of hydrogen-bond acceptors (Lipinski definition) is 2. The molecule has 3 aliphatic rings. The summed E-state index contributed by atoms with van der Waals surface area (Å²) >= 11 is 1.87. The molecule has 1 aromatic rings. The maximum atomic E-state index is 6.78. The topological polar surface area (TPSA) is 26.0 Å². The van der Waals surface area contributed by atoms with Crippen LogP contribution in [0.15, 0.2) is 17.5 Å². The predicted octanol–water partition coefficient (Wildman–Crippen LogP) is 3.36. The first kappa shape index (κ1) is 9.67. The molecule has 2 N–H and O–H groups in total. The van der Waals surface area contributed by atoms with Gasteiger partial charge in [0, 0.05) is 4.88 Å². The molecule has 0 amide bonds. The summed E-state index contributed by atoms with van der Waals surface area (Å²) < 4.78 is 0. The molecule has 5 atom stereocenters. The first-order valence-corrected chi connectivity index (χ1v) is 7.50. The molecule has 0 spiro atoms. The Morgan fingerprint density at radius 1 is 1.31 bits per heavy atom. The second-order valence-corrected chi connectivity index (χ2v) is 7.03. The lowest BCUT2D eigenvalue weighted by molar-refractivity contribution is 0.159. The van der Waals surface area contributed by atoms with Gasteiger partial charge in [0.2, 0.25) is 0 Å². The summed E-state index contributed by atoms with van der Waals surface area (Å²) in [5, 5.41) is 2.18. The molecule has 1 nitrogen and oxygen atoms in total. The van der Waals surface area contributed by atoms with Crippen LogP contribution in [0.1, 0.15) is 37.0 Å². The summed E-state index contributed by atoms with van der Waals surface area (Å²) in [6.45, 7) is 0. The number of hydrogen-bond donors (Lipinski definition) is 1. The lowest BCUT2D eigenvalue weighted by atomic mass is 9.71. The zero-order chi connectivity index (χ0) is 10.8. The van der Waals surface area contributed by atoms with Crippen molar-refractivity contribution in [2.45, 2.75) is 37.6 Å². The molecule has 0 radical (unpaired) electrons. The summed E-state index contributed by atoms with van der Waals surface area (Å²) in [6, 6.07) is 4.42. The Morgan fingerprint density at radius 2 is 2.19 bits per heavy atom. The number of rotatable bonds is 1. The standard InChI is InChI=1S/C14H19NS/c15-14(13-5-2-6-16-13)8-9-7-12(14)11-4-1-3-10(9)11/h2,5-6,9-12H,1,3-4,7-8,15H2. The fourth-order valence-electron chi connectivity index (χ4n) is 5.02. The molecule has 0 aliphatic heterocycles. The lowest BCUT2D eigenvalue weighted by Gasteiger charge is -2.39. The van der Waals surface area contributed by atoms with E-state index in [1.165, 1.54) is 37.0 Å². The Balaban J connectivity index is 1.74. The van der Waals surface area contributed by atoms with Gasteiger partial charge in [-0.05, 0) is 60.8 Å². The van der Waals surface area contributed by atoms with Crippen LogP contribution >= 0.6 is 11.3 Å². The SMILES string of the molecule is NC1(c2cccs2)CC2CC1C1CCCC21. The van der Waals surface area contributed by atoms with Crippen molar-refractivity contribution in [3.63, 3.8) is 0 Å². The van der Waals surface area contributed by atoms with Gasteiger partial charge in [-0.25, -0.2) is 0 Å². The maximum absolute atomic E-state index is 6.78. The van der Waals surface area contributed by atoms with E-state index >= 15 is 0 Å². The van der Waals surface area contributed by atoms with E-state index in [9.17, 15) is 0 Å². The highest BCUT2D eigenvalue weighted by Crippen LogP contribution is 2.64. The summed E-state index contributed by atoms with van der Waals surface area (Å²) in [6.07, 6.45) is 7.09. The third-order valence-electron chi connectivity index (χ3n) is 5.55. The van der Waals surface area contributed by atoms with Crippen molar-refractivity contribution in [3.05, 3.63) is 22.4 Å². The smallest absolute Gasteiger partial charge is 0.0537 e. The van der Waals surface area contributed by atoms with E-state index in [0.717, 1.165) is 23.7 Å². The van der Waals surface area contributed by atoms with Crippen LogP contribution in [0, 0.1) is 23.7 Å². The van der Waals surface area contributed by atoms with E-state index < -0.39 is 0 Å². The van der Waals surface area contributed by atoms with E-state index in [-0.39, 0.29) is 5.54 Å². The highest BCUT2D eigenvalue weighted by Gasteiger charge is 2.60. The van der Waals surface area contributed by atoms with Crippen LogP contribution in [0.5, 0.6) is 0 Å². The largest absolute Gasteiger partial charge is 0.320 e. The summed E-state index contributed by atoms with van der Waals surface area (Å²) in [7, 11) is 0. The Kier molecular flexibility index (Phi) is 1.88. The van der Waals surface area contributed by atoms with Crippen LogP contribution in [0.25, 0.3) is 0 Å². The van der Waals surface area contributed by atoms with E-state index in [4.69, 9.17) is 5.73 Å². The third-order valence-corrected chi connectivity index (χ3v) is 6.61. The van der Waals surface area contributed by atoms with Gasteiger partial charge in [0.05, 0.1) is 5.54 Å². The minimum atomic E-state index is 0.0460. The molecule has 16 heavy (non-hydrogen) atoms. The molecular weight excluding hydrogens is 214 g/mol. The average molecular weight is 233 g/mol. The van der Waals surface area contributed by atoms with Gasteiger partial charge in [0.15, 0.2) is 0 Å². The van der Waals surface area contributed by atoms with Crippen LogP contribution in [-0.2, 0) is 5.54 Å². The molecule has 3 saturated carbocycles. The fraction of sp³-hybridized carbons (Fsp3) is 0.714. The molecule has 2 heteroatoms. The normalized spacial score (nSPS) is 49.8. The monoisotopic (exact) mass is 233 g/mol. The Labute approximate surface area is 101 Å². The van der Waals surface area contributed by atoms with Crippen LogP contribution < -0.4 is 5.73 Å². The predicted molar refractivity (Wildman–Crippen MR) is 67.2 cm³/mol. The quantitative estimate of drug-likeness (QED) is 0.791. The van der Waals surface area contributed by atoms with Crippen molar-refractivity contribution in [1.29, 1.82) is 0 Å². The number of nitrogens with two attached hydrogens (primary N) is 1. The van der Waals surface area contributed by atoms with Gasteiger partial charge in [-0.3, -0.25) is 0 Å². The van der Waals surface area contributed by atoms with E-state index in [0.29, 0.717) is 0 Å². The van der Waals surface area contributed by atoms with Crippen LogP contribution in [-0.4, -0.2) is 0 Å². The maximum Gasteiger partial charge on any atom is 0.0537 e. The Bertz CT molecular complexity index is 399. The molecule has 4 rings (SSSR count). The van der Waals surface area contributed by atoms with Crippen molar-refractivity contribution < 1.29 is 0 Å². The Hall–Kier alpha value is -0.340. The highest BCUT2D eigenvalue weighted by molar-refractivity contribution is 7.10. The van der Waals surface area contributed by atoms with E-state index in [2.05, 4.69) is 17.5 Å². The van der Waals surface area contributed by atoms with E-state index in [1.54, 1.807) is 0 Å². The minimum absolute atomic E-state index is 0.0460. The number of thiophene rings is 1. The summed E-state index contributed by atoms with van der Waals surface area (Å²) in [4.78, 5) is 1.45. The Morgan fingerprint density at radius 3 is 3.00 bits per heavy atom. The summed E-state index contributed by atoms with van der Waals surface area (Å²) in [5.74, 6) is 3.75. The fourth-order valence-corrected chi connectivity index (χ4v) is 5.93. The lowest BCUT2D eigenvalue weighted by Crippen LogP contribution is -2.45. The van der Waals surface area contributed by atoms with Crippen molar-refractivity contribution in [1.82, 2.24) is 0 Å². The first-order valence-electron chi connectivity index (χ1n) is 6.62. The minimum Gasteiger partial charge on any atom is -0.320 e. The van der Waals surface area contributed by atoms with Gasteiger partial charge in [0.1, 0.15) is 0 Å².